The van der Waals surface area contributed by atoms with E-state index >= 15 is 0 Å². The van der Waals surface area contributed by atoms with E-state index in [2.05, 4.69) is 15.3 Å². The van der Waals surface area contributed by atoms with Gasteiger partial charge >= 0.3 is 0 Å². The maximum Gasteiger partial charge on any atom is 0.234 e. The van der Waals surface area contributed by atoms with E-state index in [4.69, 9.17) is 0 Å². The van der Waals surface area contributed by atoms with Gasteiger partial charge in [-0.15, -0.1) is 0 Å². The third kappa shape index (κ3) is 4.56. The average Bonchev–Trinajstić information content (AvgIpc) is 2.80. The first-order chi connectivity index (χ1) is 11.4. The van der Waals surface area contributed by atoms with Gasteiger partial charge in [-0.1, -0.05) is 6.92 Å². The lowest BCUT2D eigenvalue weighted by molar-refractivity contribution is -0.132. The summed E-state index contributed by atoms with van der Waals surface area (Å²) in [5.74, 6) is 0.211. The fourth-order valence-electron chi connectivity index (χ4n) is 3.02. The lowest BCUT2D eigenvalue weighted by Crippen LogP contribution is -2.51. The van der Waals surface area contributed by atoms with Crippen molar-refractivity contribution in [1.82, 2.24) is 24.9 Å². The SMILES string of the molecule is CCCNC(=O)CN1CCN(C(=O)Cc2c(C)nn(C)c2C)CC1. The quantitative estimate of drug-likeness (QED) is 0.809. The number of nitrogens with zero attached hydrogens (tertiary/aromatic N) is 4. The Morgan fingerprint density at radius 2 is 1.83 bits per heavy atom. The molecule has 0 unspecified atom stereocenters. The minimum Gasteiger partial charge on any atom is -0.355 e. The summed E-state index contributed by atoms with van der Waals surface area (Å²) in [6, 6.07) is 0. The Morgan fingerprint density at radius 1 is 1.17 bits per heavy atom. The van der Waals surface area contributed by atoms with Gasteiger partial charge in [0.15, 0.2) is 0 Å². The molecule has 1 fully saturated rings. The zero-order valence-electron chi connectivity index (χ0n) is 15.3. The minimum absolute atomic E-state index is 0.0678. The van der Waals surface area contributed by atoms with Crippen molar-refractivity contribution in [2.45, 2.75) is 33.6 Å². The van der Waals surface area contributed by atoms with Gasteiger partial charge in [-0.3, -0.25) is 19.2 Å². The van der Waals surface area contributed by atoms with Gasteiger partial charge in [0.1, 0.15) is 0 Å². The van der Waals surface area contributed by atoms with Crippen LogP contribution in [0.15, 0.2) is 0 Å². The Kier molecular flexibility index (Phi) is 6.36. The molecule has 2 heterocycles. The molecule has 2 amide bonds. The van der Waals surface area contributed by atoms with Crippen LogP contribution in [-0.4, -0.2) is 70.7 Å². The molecule has 0 spiro atoms. The van der Waals surface area contributed by atoms with Gasteiger partial charge in [-0.05, 0) is 20.3 Å². The van der Waals surface area contributed by atoms with E-state index in [0.29, 0.717) is 26.1 Å². The van der Waals surface area contributed by atoms with E-state index in [1.807, 2.05) is 37.4 Å². The molecule has 1 aliphatic rings. The lowest BCUT2D eigenvalue weighted by Gasteiger charge is -2.34. The number of hydrogen-bond donors (Lipinski definition) is 1. The average molecular weight is 335 g/mol. The summed E-state index contributed by atoms with van der Waals surface area (Å²) in [5.41, 5.74) is 3.01. The first kappa shape index (κ1) is 18.4. The van der Waals surface area contributed by atoms with E-state index in [1.165, 1.54) is 0 Å². The van der Waals surface area contributed by atoms with Crippen LogP contribution in [0.1, 0.15) is 30.3 Å². The summed E-state index contributed by atoms with van der Waals surface area (Å²) < 4.78 is 1.82. The molecule has 7 heteroatoms. The highest BCUT2D eigenvalue weighted by molar-refractivity contribution is 5.80. The van der Waals surface area contributed by atoms with Crippen molar-refractivity contribution in [1.29, 1.82) is 0 Å². The number of aryl methyl sites for hydroxylation is 2. The van der Waals surface area contributed by atoms with Crippen molar-refractivity contribution in [3.8, 4) is 0 Å². The second kappa shape index (κ2) is 8.28. The van der Waals surface area contributed by atoms with Crippen LogP contribution in [-0.2, 0) is 23.1 Å². The summed E-state index contributed by atoms with van der Waals surface area (Å²) in [4.78, 5) is 28.3. The van der Waals surface area contributed by atoms with Crippen molar-refractivity contribution in [3.63, 3.8) is 0 Å². The molecule has 1 N–H and O–H groups in total. The first-order valence-corrected chi connectivity index (χ1v) is 8.68. The molecule has 0 bridgehead atoms. The topological polar surface area (TPSA) is 70.5 Å². The number of piperazine rings is 1. The van der Waals surface area contributed by atoms with Crippen molar-refractivity contribution in [2.24, 2.45) is 7.05 Å². The van der Waals surface area contributed by atoms with E-state index in [0.717, 1.165) is 43.0 Å². The predicted molar refractivity (Wildman–Crippen MR) is 92.7 cm³/mol. The number of hydrogen-bond acceptors (Lipinski definition) is 4. The normalized spacial score (nSPS) is 15.6. The summed E-state index contributed by atoms with van der Waals surface area (Å²) in [7, 11) is 1.90. The molecule has 1 aromatic rings. The summed E-state index contributed by atoms with van der Waals surface area (Å²) >= 11 is 0. The zero-order valence-corrected chi connectivity index (χ0v) is 15.3. The van der Waals surface area contributed by atoms with Gasteiger partial charge in [0, 0.05) is 51.0 Å². The number of nitrogens with one attached hydrogen (secondary N) is 1. The largest absolute Gasteiger partial charge is 0.355 e. The maximum absolute atomic E-state index is 12.5. The molecule has 1 saturated heterocycles. The number of rotatable bonds is 6. The highest BCUT2D eigenvalue weighted by atomic mass is 16.2. The van der Waals surface area contributed by atoms with Crippen LogP contribution >= 0.6 is 0 Å². The molecule has 1 aliphatic heterocycles. The van der Waals surface area contributed by atoms with E-state index in [9.17, 15) is 9.59 Å². The van der Waals surface area contributed by atoms with Gasteiger partial charge < -0.3 is 10.2 Å². The van der Waals surface area contributed by atoms with Crippen molar-refractivity contribution in [3.05, 3.63) is 17.0 Å². The van der Waals surface area contributed by atoms with Gasteiger partial charge in [-0.2, -0.15) is 5.10 Å². The molecule has 1 aromatic heterocycles. The second-order valence-corrected chi connectivity index (χ2v) is 6.46. The minimum atomic E-state index is 0.0678. The Morgan fingerprint density at radius 3 is 2.38 bits per heavy atom. The molecule has 0 atom stereocenters. The molecular weight excluding hydrogens is 306 g/mol. The van der Waals surface area contributed by atoms with Crippen LogP contribution in [0.5, 0.6) is 0 Å². The lowest BCUT2D eigenvalue weighted by atomic mass is 10.1. The number of carbonyl (C=O) groups excluding carboxylic acids is 2. The number of carbonyl (C=O) groups is 2. The summed E-state index contributed by atoms with van der Waals surface area (Å²) in [6.07, 6.45) is 1.35. The molecule has 7 nitrogen and oxygen atoms in total. The van der Waals surface area contributed by atoms with Crippen LogP contribution < -0.4 is 5.32 Å². The molecular formula is C17H29N5O2. The van der Waals surface area contributed by atoms with Crippen LogP contribution in [0.4, 0.5) is 0 Å². The van der Waals surface area contributed by atoms with Gasteiger partial charge in [0.25, 0.3) is 0 Å². The number of aromatic nitrogens is 2. The van der Waals surface area contributed by atoms with Crippen LogP contribution in [0.25, 0.3) is 0 Å². The molecule has 134 valence electrons. The monoisotopic (exact) mass is 335 g/mol. The van der Waals surface area contributed by atoms with Crippen LogP contribution in [0.3, 0.4) is 0 Å². The Balaban J connectivity index is 1.81. The first-order valence-electron chi connectivity index (χ1n) is 8.68. The Bertz CT molecular complexity index is 588. The van der Waals surface area contributed by atoms with E-state index < -0.39 is 0 Å². The molecule has 0 aliphatic carbocycles. The Hall–Kier alpha value is -1.89. The Labute approximate surface area is 144 Å². The third-order valence-corrected chi connectivity index (χ3v) is 4.65. The van der Waals surface area contributed by atoms with Crippen LogP contribution in [0, 0.1) is 13.8 Å². The standard InChI is InChI=1S/C17H29N5O2/c1-5-6-18-16(23)12-21-7-9-22(10-8-21)17(24)11-15-13(2)19-20(4)14(15)3/h5-12H2,1-4H3,(H,18,23). The molecule has 24 heavy (non-hydrogen) atoms. The van der Waals surface area contributed by atoms with Gasteiger partial charge in [0.2, 0.25) is 11.8 Å². The summed E-state index contributed by atoms with van der Waals surface area (Å²) in [6.45, 7) is 9.97. The third-order valence-electron chi connectivity index (χ3n) is 4.65. The number of amides is 2. The second-order valence-electron chi connectivity index (χ2n) is 6.46. The highest BCUT2D eigenvalue weighted by Gasteiger charge is 2.24. The fourth-order valence-corrected chi connectivity index (χ4v) is 3.02. The van der Waals surface area contributed by atoms with Gasteiger partial charge in [-0.25, -0.2) is 0 Å². The summed E-state index contributed by atoms with van der Waals surface area (Å²) in [5, 5.41) is 7.26. The molecule has 0 saturated carbocycles. The highest BCUT2D eigenvalue weighted by Crippen LogP contribution is 2.14. The molecule has 0 radical (unpaired) electrons. The predicted octanol–water partition coefficient (Wildman–Crippen LogP) is 0.250. The van der Waals surface area contributed by atoms with Crippen LogP contribution in [0.2, 0.25) is 0 Å². The zero-order chi connectivity index (χ0) is 17.7. The van der Waals surface area contributed by atoms with Crippen molar-refractivity contribution < 1.29 is 9.59 Å². The fraction of sp³-hybridized carbons (Fsp3) is 0.706. The van der Waals surface area contributed by atoms with Crippen molar-refractivity contribution in [2.75, 3.05) is 39.3 Å². The molecule has 0 aromatic carbocycles. The van der Waals surface area contributed by atoms with Gasteiger partial charge in [0.05, 0.1) is 18.7 Å². The van der Waals surface area contributed by atoms with E-state index in [1.54, 1.807) is 0 Å². The maximum atomic E-state index is 12.5. The van der Waals surface area contributed by atoms with E-state index in [-0.39, 0.29) is 11.8 Å². The smallest absolute Gasteiger partial charge is 0.234 e. The molecule has 2 rings (SSSR count). The van der Waals surface area contributed by atoms with Crippen molar-refractivity contribution >= 4 is 11.8 Å².